The van der Waals surface area contributed by atoms with E-state index in [0.717, 1.165) is 6.54 Å². The highest BCUT2D eigenvalue weighted by Crippen LogP contribution is 2.15. The molecule has 0 aromatic rings. The first-order valence-corrected chi connectivity index (χ1v) is 3.44. The van der Waals surface area contributed by atoms with E-state index in [9.17, 15) is 0 Å². The Morgan fingerprint density at radius 2 is 2.33 bits per heavy atom. The molecule has 0 radical (unpaired) electrons. The molecule has 0 amide bonds. The van der Waals surface area contributed by atoms with Gasteiger partial charge in [-0.2, -0.15) is 0 Å². The SMILES string of the molecule is ClC(Cl)=C1CNCCO1. The Balaban J connectivity index is 2.49. The van der Waals surface area contributed by atoms with Gasteiger partial charge < -0.3 is 10.1 Å². The zero-order chi connectivity index (χ0) is 6.69. The summed E-state index contributed by atoms with van der Waals surface area (Å²) >= 11 is 10.9. The van der Waals surface area contributed by atoms with Gasteiger partial charge in [-0.15, -0.1) is 0 Å². The molecule has 0 spiro atoms. The van der Waals surface area contributed by atoms with Crippen LogP contribution >= 0.6 is 23.2 Å². The molecule has 1 N–H and O–H groups in total. The number of rotatable bonds is 0. The fraction of sp³-hybridized carbons (Fsp3) is 0.600. The summed E-state index contributed by atoms with van der Waals surface area (Å²) in [4.78, 5) is 0. The lowest BCUT2D eigenvalue weighted by molar-refractivity contribution is 0.177. The van der Waals surface area contributed by atoms with Crippen molar-refractivity contribution in [2.24, 2.45) is 0 Å². The largest absolute Gasteiger partial charge is 0.493 e. The van der Waals surface area contributed by atoms with E-state index in [-0.39, 0.29) is 4.49 Å². The molecule has 1 heterocycles. The molecule has 0 aliphatic carbocycles. The van der Waals surface area contributed by atoms with Crippen molar-refractivity contribution in [1.29, 1.82) is 0 Å². The van der Waals surface area contributed by atoms with Crippen molar-refractivity contribution in [3.8, 4) is 0 Å². The smallest absolute Gasteiger partial charge is 0.145 e. The maximum Gasteiger partial charge on any atom is 0.145 e. The topological polar surface area (TPSA) is 21.3 Å². The van der Waals surface area contributed by atoms with Crippen LogP contribution < -0.4 is 5.32 Å². The molecular formula is C5H7Cl2NO. The van der Waals surface area contributed by atoms with Gasteiger partial charge in [-0.3, -0.25) is 0 Å². The Morgan fingerprint density at radius 3 is 2.67 bits per heavy atom. The molecule has 0 unspecified atom stereocenters. The molecule has 0 aromatic carbocycles. The van der Waals surface area contributed by atoms with Crippen molar-refractivity contribution >= 4 is 23.2 Å². The number of nitrogens with one attached hydrogen (secondary N) is 1. The second-order valence-electron chi connectivity index (χ2n) is 1.71. The first-order valence-electron chi connectivity index (χ1n) is 2.68. The van der Waals surface area contributed by atoms with Gasteiger partial charge in [0, 0.05) is 6.54 Å². The standard InChI is InChI=1S/C5H7Cl2NO/c6-5(7)4-3-8-1-2-9-4/h8H,1-3H2. The third kappa shape index (κ3) is 2.05. The molecule has 1 saturated heterocycles. The van der Waals surface area contributed by atoms with Crippen molar-refractivity contribution in [3.63, 3.8) is 0 Å². The van der Waals surface area contributed by atoms with Gasteiger partial charge in [0.2, 0.25) is 0 Å². The molecule has 1 fully saturated rings. The van der Waals surface area contributed by atoms with E-state index in [4.69, 9.17) is 27.9 Å². The highest BCUT2D eigenvalue weighted by Gasteiger charge is 2.07. The summed E-state index contributed by atoms with van der Waals surface area (Å²) in [5.41, 5.74) is 0. The van der Waals surface area contributed by atoms with Gasteiger partial charge in [-0.05, 0) is 0 Å². The van der Waals surface area contributed by atoms with Crippen LogP contribution in [0.3, 0.4) is 0 Å². The lowest BCUT2D eigenvalue weighted by Gasteiger charge is -2.16. The number of morpholine rings is 1. The monoisotopic (exact) mass is 167 g/mol. The Morgan fingerprint density at radius 1 is 1.56 bits per heavy atom. The molecule has 0 aromatic heterocycles. The van der Waals surface area contributed by atoms with E-state index in [1.165, 1.54) is 0 Å². The van der Waals surface area contributed by atoms with Crippen LogP contribution in [0.15, 0.2) is 10.3 Å². The van der Waals surface area contributed by atoms with Gasteiger partial charge in [0.25, 0.3) is 0 Å². The predicted molar refractivity (Wildman–Crippen MR) is 37.6 cm³/mol. The quantitative estimate of drug-likeness (QED) is 0.587. The summed E-state index contributed by atoms with van der Waals surface area (Å²) in [6.07, 6.45) is 0. The lowest BCUT2D eigenvalue weighted by Crippen LogP contribution is -2.29. The first-order chi connectivity index (χ1) is 4.30. The van der Waals surface area contributed by atoms with Crippen LogP contribution in [-0.2, 0) is 4.74 Å². The normalized spacial score (nSPS) is 19.1. The van der Waals surface area contributed by atoms with Gasteiger partial charge in [-0.1, -0.05) is 23.2 Å². The molecule has 1 rings (SSSR count). The average Bonchev–Trinajstić information content (AvgIpc) is 1.90. The summed E-state index contributed by atoms with van der Waals surface area (Å²) in [5, 5.41) is 3.06. The number of halogens is 2. The van der Waals surface area contributed by atoms with Crippen molar-refractivity contribution < 1.29 is 4.74 Å². The number of hydrogen-bond acceptors (Lipinski definition) is 2. The molecule has 2 nitrogen and oxygen atoms in total. The molecule has 4 heteroatoms. The number of hydrogen-bond donors (Lipinski definition) is 1. The molecule has 52 valence electrons. The molecule has 0 saturated carbocycles. The Labute approximate surface area is 63.8 Å². The molecule has 0 atom stereocenters. The predicted octanol–water partition coefficient (Wildman–Crippen LogP) is 1.25. The van der Waals surface area contributed by atoms with Crippen LogP contribution in [0, 0.1) is 0 Å². The second kappa shape index (κ2) is 3.30. The van der Waals surface area contributed by atoms with Crippen LogP contribution in [0.2, 0.25) is 0 Å². The molecule has 9 heavy (non-hydrogen) atoms. The summed E-state index contributed by atoms with van der Waals surface area (Å²) in [7, 11) is 0. The summed E-state index contributed by atoms with van der Waals surface area (Å²) in [5.74, 6) is 0.643. The Bertz CT molecular complexity index is 123. The molecular weight excluding hydrogens is 161 g/mol. The summed E-state index contributed by atoms with van der Waals surface area (Å²) in [6, 6.07) is 0. The van der Waals surface area contributed by atoms with Crippen LogP contribution in [0.4, 0.5) is 0 Å². The minimum absolute atomic E-state index is 0.224. The third-order valence-corrected chi connectivity index (χ3v) is 1.47. The van der Waals surface area contributed by atoms with E-state index in [0.29, 0.717) is 18.9 Å². The van der Waals surface area contributed by atoms with E-state index in [2.05, 4.69) is 5.32 Å². The number of ether oxygens (including phenoxy) is 1. The van der Waals surface area contributed by atoms with E-state index in [1.54, 1.807) is 0 Å². The van der Waals surface area contributed by atoms with E-state index in [1.807, 2.05) is 0 Å². The zero-order valence-corrected chi connectivity index (χ0v) is 6.30. The lowest BCUT2D eigenvalue weighted by atomic mass is 10.4. The van der Waals surface area contributed by atoms with Gasteiger partial charge in [0.15, 0.2) is 0 Å². The van der Waals surface area contributed by atoms with Gasteiger partial charge >= 0.3 is 0 Å². The van der Waals surface area contributed by atoms with Crippen LogP contribution in [0.25, 0.3) is 0 Å². The fourth-order valence-electron chi connectivity index (χ4n) is 0.621. The van der Waals surface area contributed by atoms with Gasteiger partial charge in [0.1, 0.15) is 16.9 Å². The average molecular weight is 168 g/mol. The zero-order valence-electron chi connectivity index (χ0n) is 4.79. The fourth-order valence-corrected chi connectivity index (χ4v) is 0.863. The second-order valence-corrected chi connectivity index (χ2v) is 2.66. The summed E-state index contributed by atoms with van der Waals surface area (Å²) < 4.78 is 5.32. The maximum atomic E-state index is 5.44. The Hall–Kier alpha value is 0.0800. The van der Waals surface area contributed by atoms with Crippen molar-refractivity contribution in [3.05, 3.63) is 10.3 Å². The van der Waals surface area contributed by atoms with Crippen molar-refractivity contribution in [1.82, 2.24) is 5.32 Å². The minimum atomic E-state index is 0.224. The highest BCUT2D eigenvalue weighted by molar-refractivity contribution is 6.56. The van der Waals surface area contributed by atoms with Crippen LogP contribution in [0.5, 0.6) is 0 Å². The first kappa shape index (κ1) is 7.19. The van der Waals surface area contributed by atoms with Crippen LogP contribution in [-0.4, -0.2) is 19.7 Å². The van der Waals surface area contributed by atoms with Crippen molar-refractivity contribution in [2.75, 3.05) is 19.7 Å². The minimum Gasteiger partial charge on any atom is -0.493 e. The molecule has 0 bridgehead atoms. The van der Waals surface area contributed by atoms with Gasteiger partial charge in [-0.25, -0.2) is 0 Å². The Kier molecular flexibility index (Phi) is 2.64. The summed E-state index contributed by atoms with van der Waals surface area (Å²) in [6.45, 7) is 2.16. The van der Waals surface area contributed by atoms with Gasteiger partial charge in [0.05, 0.1) is 6.54 Å². The van der Waals surface area contributed by atoms with E-state index < -0.39 is 0 Å². The van der Waals surface area contributed by atoms with Crippen molar-refractivity contribution in [2.45, 2.75) is 0 Å². The maximum absolute atomic E-state index is 5.44. The molecule has 1 aliphatic rings. The van der Waals surface area contributed by atoms with E-state index >= 15 is 0 Å². The third-order valence-electron chi connectivity index (χ3n) is 1.05. The molecule has 1 aliphatic heterocycles. The highest BCUT2D eigenvalue weighted by atomic mass is 35.5. The van der Waals surface area contributed by atoms with Crippen LogP contribution in [0.1, 0.15) is 0 Å².